The number of aromatic nitrogens is 1. The SMILES string of the molecule is C=C/C=C/c1cccc2c1c(C(=O)O)c1ccccc1[n+]2C. The fourth-order valence-electron chi connectivity index (χ4n) is 2.88. The molecule has 0 unspecified atom stereocenters. The summed E-state index contributed by atoms with van der Waals surface area (Å²) in [6, 6.07) is 13.4. The molecule has 2 aromatic carbocycles. The number of hydrogen-bond donors (Lipinski definition) is 1. The zero-order chi connectivity index (χ0) is 15.7. The molecule has 3 heteroatoms. The number of benzene rings is 2. The van der Waals surface area contributed by atoms with E-state index in [4.69, 9.17) is 0 Å². The molecule has 0 bridgehead atoms. The van der Waals surface area contributed by atoms with E-state index in [1.165, 1.54) is 0 Å². The summed E-state index contributed by atoms with van der Waals surface area (Å²) in [4.78, 5) is 11.9. The van der Waals surface area contributed by atoms with Crippen LogP contribution in [0.3, 0.4) is 0 Å². The summed E-state index contributed by atoms with van der Waals surface area (Å²) in [5, 5.41) is 11.3. The Labute approximate surface area is 128 Å². The van der Waals surface area contributed by atoms with E-state index in [1.54, 1.807) is 6.08 Å². The maximum atomic E-state index is 11.9. The lowest BCUT2D eigenvalue weighted by atomic mass is 9.97. The van der Waals surface area contributed by atoms with Gasteiger partial charge in [-0.1, -0.05) is 49.1 Å². The molecule has 0 atom stereocenters. The molecule has 0 saturated heterocycles. The first-order chi connectivity index (χ1) is 10.6. The van der Waals surface area contributed by atoms with E-state index in [2.05, 4.69) is 6.58 Å². The predicted molar refractivity (Wildman–Crippen MR) is 88.8 cm³/mol. The summed E-state index contributed by atoms with van der Waals surface area (Å²) in [6.45, 7) is 3.67. The fourth-order valence-corrected chi connectivity index (χ4v) is 2.88. The highest BCUT2D eigenvalue weighted by atomic mass is 16.4. The Morgan fingerprint density at radius 3 is 2.59 bits per heavy atom. The average molecular weight is 290 g/mol. The zero-order valence-electron chi connectivity index (χ0n) is 12.3. The summed E-state index contributed by atoms with van der Waals surface area (Å²) < 4.78 is 2.03. The maximum absolute atomic E-state index is 11.9. The monoisotopic (exact) mass is 290 g/mol. The summed E-state index contributed by atoms with van der Waals surface area (Å²) in [5.74, 6) is -0.916. The lowest BCUT2D eigenvalue weighted by Gasteiger charge is -2.09. The van der Waals surface area contributed by atoms with Crippen molar-refractivity contribution in [2.75, 3.05) is 0 Å². The predicted octanol–water partition coefficient (Wildman–Crippen LogP) is 3.71. The number of pyridine rings is 1. The molecule has 0 aliphatic rings. The van der Waals surface area contributed by atoms with Crippen LogP contribution in [-0.4, -0.2) is 11.1 Å². The molecule has 1 N–H and O–H groups in total. The smallest absolute Gasteiger partial charge is 0.337 e. The Morgan fingerprint density at radius 2 is 1.86 bits per heavy atom. The van der Waals surface area contributed by atoms with Crippen molar-refractivity contribution in [3.8, 4) is 0 Å². The first-order valence-corrected chi connectivity index (χ1v) is 7.01. The number of hydrogen-bond acceptors (Lipinski definition) is 1. The number of carboxylic acids is 1. The molecule has 1 heterocycles. The van der Waals surface area contributed by atoms with Crippen LogP contribution in [0.5, 0.6) is 0 Å². The van der Waals surface area contributed by atoms with Crippen LogP contribution in [0.25, 0.3) is 27.9 Å². The summed E-state index contributed by atoms with van der Waals surface area (Å²) >= 11 is 0. The first-order valence-electron chi connectivity index (χ1n) is 7.01. The summed E-state index contributed by atoms with van der Waals surface area (Å²) in [6.07, 6.45) is 5.38. The van der Waals surface area contributed by atoms with Crippen molar-refractivity contribution in [1.29, 1.82) is 0 Å². The molecule has 0 amide bonds. The van der Waals surface area contributed by atoms with Crippen LogP contribution in [-0.2, 0) is 7.05 Å². The van der Waals surface area contributed by atoms with Gasteiger partial charge in [0.2, 0.25) is 11.0 Å². The number of carbonyl (C=O) groups is 1. The zero-order valence-corrected chi connectivity index (χ0v) is 12.3. The van der Waals surface area contributed by atoms with Crippen LogP contribution in [0.1, 0.15) is 15.9 Å². The average Bonchev–Trinajstić information content (AvgIpc) is 2.53. The number of allylic oxidation sites excluding steroid dienone is 2. The summed E-state index contributed by atoms with van der Waals surface area (Å²) in [5.41, 5.74) is 3.00. The lowest BCUT2D eigenvalue weighted by Crippen LogP contribution is -2.31. The molecule has 0 saturated carbocycles. The van der Waals surface area contributed by atoms with Gasteiger partial charge >= 0.3 is 5.97 Å². The Kier molecular flexibility index (Phi) is 3.47. The van der Waals surface area contributed by atoms with Crippen LogP contribution in [0, 0.1) is 0 Å². The lowest BCUT2D eigenvalue weighted by molar-refractivity contribution is -0.617. The van der Waals surface area contributed by atoms with E-state index in [0.29, 0.717) is 5.56 Å². The third-order valence-corrected chi connectivity index (χ3v) is 3.85. The van der Waals surface area contributed by atoms with E-state index < -0.39 is 5.97 Å². The molecule has 1 aromatic heterocycles. The van der Waals surface area contributed by atoms with Gasteiger partial charge in [-0.05, 0) is 11.6 Å². The number of carboxylic acid groups (broad SMARTS) is 1. The van der Waals surface area contributed by atoms with Gasteiger partial charge in [-0.25, -0.2) is 4.79 Å². The van der Waals surface area contributed by atoms with Crippen molar-refractivity contribution in [2.45, 2.75) is 0 Å². The largest absolute Gasteiger partial charge is 0.478 e. The van der Waals surface area contributed by atoms with Gasteiger partial charge in [0, 0.05) is 12.1 Å². The molecule has 0 radical (unpaired) electrons. The summed E-state index contributed by atoms with van der Waals surface area (Å²) in [7, 11) is 1.96. The molecule has 108 valence electrons. The number of fused-ring (bicyclic) bond motifs is 2. The van der Waals surface area contributed by atoms with Crippen molar-refractivity contribution in [3.05, 3.63) is 72.3 Å². The van der Waals surface area contributed by atoms with E-state index in [0.717, 1.165) is 27.4 Å². The molecular formula is C19H16NO2+. The number of para-hydroxylation sites is 1. The first kappa shape index (κ1) is 14.0. The van der Waals surface area contributed by atoms with Crippen molar-refractivity contribution in [3.63, 3.8) is 0 Å². The molecule has 0 aliphatic carbocycles. The van der Waals surface area contributed by atoms with E-state index >= 15 is 0 Å². The van der Waals surface area contributed by atoms with Crippen molar-refractivity contribution >= 4 is 33.9 Å². The van der Waals surface area contributed by atoms with Gasteiger partial charge in [-0.2, -0.15) is 4.57 Å². The van der Waals surface area contributed by atoms with Crippen molar-refractivity contribution in [2.24, 2.45) is 7.05 Å². The highest BCUT2D eigenvalue weighted by Crippen LogP contribution is 2.28. The second kappa shape index (κ2) is 5.45. The molecule has 0 fully saturated rings. The molecule has 3 aromatic rings. The minimum atomic E-state index is -0.916. The number of aryl methyl sites for hydroxylation is 1. The van der Waals surface area contributed by atoms with E-state index in [1.807, 2.05) is 66.2 Å². The third-order valence-electron chi connectivity index (χ3n) is 3.85. The molecule has 22 heavy (non-hydrogen) atoms. The number of nitrogens with zero attached hydrogens (tertiary/aromatic N) is 1. The Bertz CT molecular complexity index is 939. The maximum Gasteiger partial charge on any atom is 0.337 e. The molecule has 0 spiro atoms. The molecule has 0 aliphatic heterocycles. The molecule has 3 rings (SSSR count). The second-order valence-corrected chi connectivity index (χ2v) is 5.09. The molecule has 3 nitrogen and oxygen atoms in total. The van der Waals surface area contributed by atoms with Crippen LogP contribution >= 0.6 is 0 Å². The van der Waals surface area contributed by atoms with Crippen molar-refractivity contribution < 1.29 is 14.5 Å². The molecular weight excluding hydrogens is 274 g/mol. The normalized spacial score (nSPS) is 11.3. The minimum absolute atomic E-state index is 0.341. The van der Waals surface area contributed by atoms with Crippen LogP contribution < -0.4 is 4.57 Å². The fraction of sp³-hybridized carbons (Fsp3) is 0.0526. The number of rotatable bonds is 3. The van der Waals surface area contributed by atoms with Gasteiger partial charge < -0.3 is 5.11 Å². The van der Waals surface area contributed by atoms with Crippen LogP contribution in [0.2, 0.25) is 0 Å². The van der Waals surface area contributed by atoms with E-state index in [9.17, 15) is 9.90 Å². The van der Waals surface area contributed by atoms with Gasteiger partial charge in [0.1, 0.15) is 7.05 Å². The Morgan fingerprint density at radius 1 is 1.14 bits per heavy atom. The van der Waals surface area contributed by atoms with Gasteiger partial charge in [0.25, 0.3) is 0 Å². The highest BCUT2D eigenvalue weighted by molar-refractivity contribution is 6.14. The van der Waals surface area contributed by atoms with Crippen LogP contribution in [0.15, 0.2) is 61.2 Å². The van der Waals surface area contributed by atoms with Gasteiger partial charge in [-0.3, -0.25) is 0 Å². The standard InChI is InChI=1S/C19H15NO2/c1-3-4-8-13-9-7-12-16-17(13)18(19(21)22)14-10-5-6-11-15(14)20(16)2/h3-12H,1H2,2H3/p+1/b8-4+. The second-order valence-electron chi connectivity index (χ2n) is 5.09. The quantitative estimate of drug-likeness (QED) is 0.454. The Hall–Kier alpha value is -2.94. The van der Waals surface area contributed by atoms with Crippen LogP contribution in [0.4, 0.5) is 0 Å². The number of aromatic carboxylic acids is 1. The van der Waals surface area contributed by atoms with E-state index in [-0.39, 0.29) is 0 Å². The van der Waals surface area contributed by atoms with Crippen molar-refractivity contribution in [1.82, 2.24) is 0 Å². The highest BCUT2D eigenvalue weighted by Gasteiger charge is 2.23. The van der Waals surface area contributed by atoms with Gasteiger partial charge in [-0.15, -0.1) is 0 Å². The minimum Gasteiger partial charge on any atom is -0.478 e. The third kappa shape index (κ3) is 2.07. The topological polar surface area (TPSA) is 41.2 Å². The van der Waals surface area contributed by atoms with Gasteiger partial charge in [0.15, 0.2) is 0 Å². The van der Waals surface area contributed by atoms with Gasteiger partial charge in [0.05, 0.1) is 16.3 Å². The Balaban J connectivity index is 2.60.